The van der Waals surface area contributed by atoms with E-state index in [-0.39, 0.29) is 30.5 Å². The maximum Gasteiger partial charge on any atom is 0.410 e. The monoisotopic (exact) mass is 825 g/mol. The molecule has 1 aliphatic rings. The number of hydrogen-bond acceptors (Lipinski definition) is 8. The Balaban J connectivity index is 1.10. The van der Waals surface area contributed by atoms with Gasteiger partial charge in [0.15, 0.2) is 0 Å². The number of carbonyl (C=O) groups excluding carboxylic acids is 2. The molecule has 1 aliphatic heterocycles. The van der Waals surface area contributed by atoms with Gasteiger partial charge >= 0.3 is 6.09 Å². The Labute approximate surface area is 338 Å². The molecule has 4 aromatic carbocycles. The summed E-state index contributed by atoms with van der Waals surface area (Å²) in [6.07, 6.45) is 3.02. The fraction of sp³-hybridized carbons (Fsp3) is 0.378. The SMILES string of the molecule is COc1ccccc1COCCCOc1ccc(C2CCN(C(=O)OCc3ccccc3)CC2OCc2ccc3c(C)cn(CCNCC(C)=O)c3c2Br)cc1. The van der Waals surface area contributed by atoms with Gasteiger partial charge in [-0.15, -0.1) is 0 Å². The Morgan fingerprint density at radius 3 is 2.46 bits per heavy atom. The highest BCUT2D eigenvalue weighted by molar-refractivity contribution is 9.10. The van der Waals surface area contributed by atoms with E-state index in [9.17, 15) is 9.59 Å². The lowest BCUT2D eigenvalue weighted by atomic mass is 9.87. The zero-order chi connectivity index (χ0) is 39.3. The van der Waals surface area contributed by atoms with E-state index in [0.29, 0.717) is 52.6 Å². The van der Waals surface area contributed by atoms with E-state index in [4.69, 9.17) is 23.7 Å². The first kappa shape index (κ1) is 41.0. The van der Waals surface area contributed by atoms with E-state index in [1.54, 1.807) is 18.9 Å². The van der Waals surface area contributed by atoms with Gasteiger partial charge in [-0.3, -0.25) is 4.79 Å². The van der Waals surface area contributed by atoms with Crippen LogP contribution in [0.15, 0.2) is 102 Å². The summed E-state index contributed by atoms with van der Waals surface area (Å²) in [5, 5.41) is 4.39. The number of Topliss-reactive ketones (excluding diaryl/α,β-unsaturated/α-hetero) is 1. The molecule has 1 amide bonds. The molecule has 2 unspecified atom stereocenters. The van der Waals surface area contributed by atoms with E-state index in [0.717, 1.165) is 68.5 Å². The predicted molar refractivity (Wildman–Crippen MR) is 221 cm³/mol. The van der Waals surface area contributed by atoms with E-state index >= 15 is 0 Å². The third-order valence-corrected chi connectivity index (χ3v) is 11.0. The quantitative estimate of drug-likeness (QED) is 0.0828. The number of rotatable bonds is 19. The summed E-state index contributed by atoms with van der Waals surface area (Å²) in [6.45, 7) is 8.61. The molecule has 0 saturated carbocycles. The molecule has 56 heavy (non-hydrogen) atoms. The number of hydrogen-bond donors (Lipinski definition) is 1. The van der Waals surface area contributed by atoms with Crippen molar-refractivity contribution in [3.05, 3.63) is 129 Å². The number of fused-ring (bicyclic) bond motifs is 1. The van der Waals surface area contributed by atoms with Gasteiger partial charge in [0.25, 0.3) is 0 Å². The number of nitrogens with zero attached hydrogens (tertiary/aromatic N) is 2. The molecular weight excluding hydrogens is 774 g/mol. The third-order valence-electron chi connectivity index (χ3n) is 10.1. The molecule has 0 radical (unpaired) electrons. The van der Waals surface area contributed by atoms with Crippen LogP contribution in [0.25, 0.3) is 10.9 Å². The van der Waals surface area contributed by atoms with Gasteiger partial charge in [0.1, 0.15) is 23.9 Å². The number of para-hydroxylation sites is 1. The molecular formula is C45H52BrN3O7. The van der Waals surface area contributed by atoms with Gasteiger partial charge in [-0.05, 0) is 76.7 Å². The Hall–Kier alpha value is -4.68. The number of ketones is 1. The van der Waals surface area contributed by atoms with Crippen molar-refractivity contribution in [2.24, 2.45) is 0 Å². The molecule has 1 saturated heterocycles. The highest BCUT2D eigenvalue weighted by Crippen LogP contribution is 2.35. The number of ether oxygens (including phenoxy) is 5. The molecule has 2 heterocycles. The van der Waals surface area contributed by atoms with Crippen LogP contribution in [0.5, 0.6) is 11.5 Å². The lowest BCUT2D eigenvalue weighted by Crippen LogP contribution is -2.47. The molecule has 1 N–H and O–H groups in total. The minimum atomic E-state index is -0.342. The number of benzene rings is 4. The number of piperidine rings is 1. The number of likely N-dealkylation sites (tertiary alicyclic amines) is 1. The molecule has 296 valence electrons. The summed E-state index contributed by atoms with van der Waals surface area (Å²) in [5.74, 6) is 1.80. The van der Waals surface area contributed by atoms with Gasteiger partial charge in [0.2, 0.25) is 0 Å². The highest BCUT2D eigenvalue weighted by atomic mass is 79.9. The second-order valence-corrected chi connectivity index (χ2v) is 15.0. The Bertz CT molecular complexity index is 2040. The topological polar surface area (TPSA) is 100 Å². The number of nitrogens with one attached hydrogen (secondary N) is 1. The summed E-state index contributed by atoms with van der Waals surface area (Å²) in [6, 6.07) is 30.1. The zero-order valence-corrected chi connectivity index (χ0v) is 34.1. The maximum atomic E-state index is 13.3. The molecule has 6 rings (SSSR count). The number of aryl methyl sites for hydroxylation is 1. The average Bonchev–Trinajstić information content (AvgIpc) is 3.55. The van der Waals surface area contributed by atoms with Crippen LogP contribution >= 0.6 is 15.9 Å². The van der Waals surface area contributed by atoms with Crippen LogP contribution in [-0.2, 0) is 45.4 Å². The molecule has 0 bridgehead atoms. The molecule has 0 spiro atoms. The van der Waals surface area contributed by atoms with Gasteiger partial charge < -0.3 is 38.5 Å². The average molecular weight is 827 g/mol. The van der Waals surface area contributed by atoms with Gasteiger partial charge in [-0.2, -0.15) is 0 Å². The second-order valence-electron chi connectivity index (χ2n) is 14.2. The summed E-state index contributed by atoms with van der Waals surface area (Å²) in [5.41, 5.74) is 6.40. The van der Waals surface area contributed by atoms with Crippen LogP contribution in [0, 0.1) is 6.92 Å². The van der Waals surface area contributed by atoms with E-state index in [1.165, 1.54) is 5.56 Å². The van der Waals surface area contributed by atoms with Crippen LogP contribution in [0.3, 0.4) is 0 Å². The lowest BCUT2D eigenvalue weighted by molar-refractivity contribution is -0.116. The van der Waals surface area contributed by atoms with Gasteiger partial charge in [-0.25, -0.2) is 4.79 Å². The Morgan fingerprint density at radius 2 is 1.68 bits per heavy atom. The van der Waals surface area contributed by atoms with Crippen molar-refractivity contribution in [1.29, 1.82) is 0 Å². The van der Waals surface area contributed by atoms with Crippen LogP contribution in [0.1, 0.15) is 53.5 Å². The molecule has 2 atom stereocenters. The van der Waals surface area contributed by atoms with E-state index in [2.05, 4.69) is 63.2 Å². The van der Waals surface area contributed by atoms with Crippen LogP contribution in [0.2, 0.25) is 0 Å². The van der Waals surface area contributed by atoms with Gasteiger partial charge in [0.05, 0.1) is 58.2 Å². The Kier molecular flexibility index (Phi) is 15.0. The molecule has 11 heteroatoms. The van der Waals surface area contributed by atoms with Crippen LogP contribution in [0.4, 0.5) is 4.79 Å². The van der Waals surface area contributed by atoms with Crippen molar-refractivity contribution in [2.75, 3.05) is 46.5 Å². The Morgan fingerprint density at radius 1 is 0.893 bits per heavy atom. The molecule has 1 fully saturated rings. The molecule has 10 nitrogen and oxygen atoms in total. The van der Waals surface area contributed by atoms with Gasteiger partial charge in [0, 0.05) is 53.6 Å². The fourth-order valence-corrected chi connectivity index (χ4v) is 7.82. The fourth-order valence-electron chi connectivity index (χ4n) is 7.13. The summed E-state index contributed by atoms with van der Waals surface area (Å²) >= 11 is 3.91. The third kappa shape index (κ3) is 11.0. The number of amides is 1. The zero-order valence-electron chi connectivity index (χ0n) is 32.5. The number of methoxy groups -OCH3 is 1. The van der Waals surface area contributed by atoms with E-state index in [1.807, 2.05) is 66.7 Å². The summed E-state index contributed by atoms with van der Waals surface area (Å²) in [7, 11) is 1.67. The number of halogens is 1. The van der Waals surface area contributed by atoms with Crippen molar-refractivity contribution in [1.82, 2.24) is 14.8 Å². The minimum absolute atomic E-state index is 0.0616. The smallest absolute Gasteiger partial charge is 0.410 e. The first-order valence-corrected chi connectivity index (χ1v) is 20.1. The first-order chi connectivity index (χ1) is 27.3. The predicted octanol–water partition coefficient (Wildman–Crippen LogP) is 8.60. The first-order valence-electron chi connectivity index (χ1n) is 19.3. The van der Waals surface area contributed by atoms with Crippen molar-refractivity contribution in [3.8, 4) is 11.5 Å². The highest BCUT2D eigenvalue weighted by Gasteiger charge is 2.34. The normalized spacial score (nSPS) is 15.5. The summed E-state index contributed by atoms with van der Waals surface area (Å²) < 4.78 is 33.0. The second kappa shape index (κ2) is 20.5. The van der Waals surface area contributed by atoms with Crippen molar-refractivity contribution >= 4 is 38.7 Å². The van der Waals surface area contributed by atoms with Crippen molar-refractivity contribution in [3.63, 3.8) is 0 Å². The number of aromatic nitrogens is 1. The van der Waals surface area contributed by atoms with E-state index < -0.39 is 0 Å². The number of carbonyl (C=O) groups is 2. The van der Waals surface area contributed by atoms with Crippen LogP contribution < -0.4 is 14.8 Å². The molecule has 5 aromatic rings. The molecule has 0 aliphatic carbocycles. The summed E-state index contributed by atoms with van der Waals surface area (Å²) in [4.78, 5) is 26.5. The standard InChI is InChI=1S/C45H52BrN3O7/c1-32-27-48(23-21-47-26-33(2)50)44-39(32)19-16-37(43(44)46)31-55-42-28-49(45(51)56-29-34-10-5-4-6-11-34)22-20-40(42)35-14-17-38(18-15-35)54-25-9-24-53-30-36-12-7-8-13-41(36)52-3/h4-8,10-19,27,40,42,47H,9,20-26,28-31H2,1-3H3. The lowest BCUT2D eigenvalue weighted by Gasteiger charge is -2.38. The minimum Gasteiger partial charge on any atom is -0.496 e. The van der Waals surface area contributed by atoms with Crippen molar-refractivity contribution < 1.29 is 33.3 Å². The van der Waals surface area contributed by atoms with Crippen LogP contribution in [-0.4, -0.2) is 74.0 Å². The van der Waals surface area contributed by atoms with Crippen molar-refractivity contribution in [2.45, 2.75) is 65.1 Å². The largest absolute Gasteiger partial charge is 0.496 e. The van der Waals surface area contributed by atoms with Gasteiger partial charge in [-0.1, -0.05) is 72.8 Å². The maximum absolute atomic E-state index is 13.3. The molecule has 1 aromatic heterocycles.